The van der Waals surface area contributed by atoms with Gasteiger partial charge in [-0.3, -0.25) is 4.68 Å². The highest BCUT2D eigenvalue weighted by atomic mass is 79.9. The molecule has 1 heterocycles. The van der Waals surface area contributed by atoms with Gasteiger partial charge in [-0.15, -0.1) is 0 Å². The lowest BCUT2D eigenvalue weighted by molar-refractivity contribution is -0.0295. The Morgan fingerprint density at radius 1 is 1.71 bits per heavy atom. The molecule has 6 heteroatoms. The van der Waals surface area contributed by atoms with Crippen molar-refractivity contribution < 1.29 is 13.9 Å². The Hall–Kier alpha value is -0.490. The Balaban J connectivity index is 2.76. The highest BCUT2D eigenvalue weighted by Gasteiger charge is 2.36. The number of alkyl halides is 3. The molecule has 3 nitrogen and oxygen atoms in total. The van der Waals surface area contributed by atoms with Crippen LogP contribution in [0.1, 0.15) is 25.0 Å². The van der Waals surface area contributed by atoms with E-state index in [4.69, 9.17) is 0 Å². The van der Waals surface area contributed by atoms with Gasteiger partial charge in [-0.25, -0.2) is 0 Å². The number of aliphatic hydroxyl groups is 1. The van der Waals surface area contributed by atoms with Crippen molar-refractivity contribution in [1.82, 2.24) is 9.78 Å². The number of halogens is 3. The number of nitrogens with zero attached hydrogens (tertiary/aromatic N) is 2. The fraction of sp³-hybridized carbons (Fsp3) is 0.625. The zero-order valence-electron chi connectivity index (χ0n) is 7.62. The first-order valence-electron chi connectivity index (χ1n) is 4.22. The molecular weight excluding hydrogens is 258 g/mol. The summed E-state index contributed by atoms with van der Waals surface area (Å²) in [5.74, 6) is 0. The van der Waals surface area contributed by atoms with Crippen LogP contribution in [0.15, 0.2) is 12.4 Å². The predicted octanol–water partition coefficient (Wildman–Crippen LogP) is 2.31. The lowest BCUT2D eigenvalue weighted by Crippen LogP contribution is -2.17. The van der Waals surface area contributed by atoms with Gasteiger partial charge in [0.25, 0.3) is 0 Å². The highest BCUT2D eigenvalue weighted by Crippen LogP contribution is 2.36. The summed E-state index contributed by atoms with van der Waals surface area (Å²) in [6.45, 7) is 2.61. The van der Waals surface area contributed by atoms with Crippen molar-refractivity contribution in [2.24, 2.45) is 0 Å². The van der Waals surface area contributed by atoms with Crippen molar-refractivity contribution in [3.63, 3.8) is 0 Å². The molecule has 0 saturated carbocycles. The maximum Gasteiger partial charge on any atom is 0.330 e. The first-order valence-corrected chi connectivity index (χ1v) is 5.01. The third-order valence-corrected chi connectivity index (χ3v) is 2.17. The fourth-order valence-corrected chi connectivity index (χ4v) is 1.33. The van der Waals surface area contributed by atoms with Crippen LogP contribution in [0.2, 0.25) is 0 Å². The van der Waals surface area contributed by atoms with Crippen LogP contribution in [0.3, 0.4) is 0 Å². The first-order chi connectivity index (χ1) is 6.45. The SMILES string of the molecule is CCCn1cc(C(O)C(F)(F)Br)cn1. The molecule has 80 valence electrons. The van der Waals surface area contributed by atoms with E-state index in [9.17, 15) is 13.9 Å². The second kappa shape index (κ2) is 4.35. The van der Waals surface area contributed by atoms with Crippen molar-refractivity contribution in [1.29, 1.82) is 0 Å². The van der Waals surface area contributed by atoms with Crippen molar-refractivity contribution in [2.45, 2.75) is 30.8 Å². The van der Waals surface area contributed by atoms with Gasteiger partial charge in [0, 0.05) is 18.3 Å². The zero-order valence-corrected chi connectivity index (χ0v) is 9.21. The van der Waals surface area contributed by atoms with Gasteiger partial charge < -0.3 is 5.11 Å². The van der Waals surface area contributed by atoms with Crippen LogP contribution in [-0.4, -0.2) is 19.7 Å². The Bertz CT molecular complexity index is 298. The van der Waals surface area contributed by atoms with E-state index in [-0.39, 0.29) is 5.56 Å². The number of hydrogen-bond donors (Lipinski definition) is 1. The van der Waals surface area contributed by atoms with Gasteiger partial charge in [-0.05, 0) is 22.4 Å². The van der Waals surface area contributed by atoms with E-state index in [2.05, 4.69) is 21.0 Å². The van der Waals surface area contributed by atoms with Crippen LogP contribution in [0.5, 0.6) is 0 Å². The Morgan fingerprint density at radius 3 is 2.86 bits per heavy atom. The Kier molecular flexibility index (Phi) is 3.60. The average Bonchev–Trinajstić information content (AvgIpc) is 2.50. The molecule has 1 atom stereocenters. The van der Waals surface area contributed by atoms with E-state index in [0.717, 1.165) is 6.42 Å². The lowest BCUT2D eigenvalue weighted by Gasteiger charge is -2.14. The van der Waals surface area contributed by atoms with Crippen LogP contribution >= 0.6 is 15.9 Å². The number of aliphatic hydroxyl groups excluding tert-OH is 1. The van der Waals surface area contributed by atoms with Crippen molar-refractivity contribution >= 4 is 15.9 Å². The molecule has 0 bridgehead atoms. The molecule has 1 aromatic rings. The molecule has 0 radical (unpaired) electrons. The largest absolute Gasteiger partial charge is 0.381 e. The van der Waals surface area contributed by atoms with E-state index >= 15 is 0 Å². The third kappa shape index (κ3) is 2.75. The summed E-state index contributed by atoms with van der Waals surface area (Å²) < 4.78 is 26.8. The van der Waals surface area contributed by atoms with E-state index in [0.29, 0.717) is 6.54 Å². The van der Waals surface area contributed by atoms with Crippen LogP contribution < -0.4 is 0 Å². The molecule has 0 aromatic carbocycles. The van der Waals surface area contributed by atoms with Crippen LogP contribution in [0.4, 0.5) is 8.78 Å². The number of aryl methyl sites for hydroxylation is 1. The molecule has 1 aromatic heterocycles. The van der Waals surface area contributed by atoms with Gasteiger partial charge in [-0.1, -0.05) is 6.92 Å². The first kappa shape index (κ1) is 11.6. The number of hydrogen-bond acceptors (Lipinski definition) is 2. The summed E-state index contributed by atoms with van der Waals surface area (Å²) in [6.07, 6.45) is 1.67. The molecule has 0 aliphatic carbocycles. The second-order valence-electron chi connectivity index (χ2n) is 2.98. The molecule has 0 aliphatic rings. The minimum Gasteiger partial charge on any atom is -0.381 e. The quantitative estimate of drug-likeness (QED) is 0.852. The molecule has 0 aliphatic heterocycles. The van der Waals surface area contributed by atoms with Gasteiger partial charge in [-0.2, -0.15) is 13.9 Å². The summed E-state index contributed by atoms with van der Waals surface area (Å²) in [5, 5.41) is 13.0. The molecule has 1 rings (SSSR count). The average molecular weight is 269 g/mol. The Morgan fingerprint density at radius 2 is 2.36 bits per heavy atom. The minimum absolute atomic E-state index is 0.111. The van der Waals surface area contributed by atoms with Crippen molar-refractivity contribution in [3.8, 4) is 0 Å². The number of rotatable bonds is 4. The van der Waals surface area contributed by atoms with E-state index < -0.39 is 10.9 Å². The van der Waals surface area contributed by atoms with Crippen LogP contribution in [0, 0.1) is 0 Å². The number of aromatic nitrogens is 2. The normalized spacial score (nSPS) is 14.4. The van der Waals surface area contributed by atoms with E-state index in [1.165, 1.54) is 17.1 Å². The molecule has 0 amide bonds. The fourth-order valence-electron chi connectivity index (χ4n) is 1.06. The standard InChI is InChI=1S/C8H11BrF2N2O/c1-2-3-13-5-6(4-12-13)7(14)8(9,10)11/h4-5,7,14H,2-3H2,1H3. The third-order valence-electron chi connectivity index (χ3n) is 1.73. The molecule has 0 spiro atoms. The highest BCUT2D eigenvalue weighted by molar-refractivity contribution is 9.10. The van der Waals surface area contributed by atoms with Crippen LogP contribution in [-0.2, 0) is 6.54 Å². The van der Waals surface area contributed by atoms with Gasteiger partial charge in [0.05, 0.1) is 6.20 Å². The molecule has 14 heavy (non-hydrogen) atoms. The molecule has 1 unspecified atom stereocenters. The summed E-state index contributed by atoms with van der Waals surface area (Å²) in [6, 6.07) is 0. The van der Waals surface area contributed by atoms with Gasteiger partial charge in [0.2, 0.25) is 0 Å². The van der Waals surface area contributed by atoms with Gasteiger partial charge in [0.1, 0.15) is 0 Å². The van der Waals surface area contributed by atoms with E-state index in [1.807, 2.05) is 6.92 Å². The summed E-state index contributed by atoms with van der Waals surface area (Å²) in [4.78, 5) is -3.31. The minimum atomic E-state index is -3.31. The lowest BCUT2D eigenvalue weighted by atomic mass is 10.2. The summed E-state index contributed by atoms with van der Waals surface area (Å²) in [5.41, 5.74) is 0.111. The molecule has 1 N–H and O–H groups in total. The smallest absolute Gasteiger partial charge is 0.330 e. The molecule has 0 fully saturated rings. The summed E-state index contributed by atoms with van der Waals surface area (Å²) >= 11 is 2.11. The Labute approximate surface area is 88.9 Å². The maximum absolute atomic E-state index is 12.6. The topological polar surface area (TPSA) is 38.0 Å². The molecule has 0 saturated heterocycles. The van der Waals surface area contributed by atoms with E-state index in [1.54, 1.807) is 0 Å². The molecular formula is C8H11BrF2N2O. The zero-order chi connectivity index (χ0) is 10.8. The summed E-state index contributed by atoms with van der Waals surface area (Å²) in [7, 11) is 0. The van der Waals surface area contributed by atoms with Gasteiger partial charge >= 0.3 is 4.83 Å². The van der Waals surface area contributed by atoms with Crippen molar-refractivity contribution in [3.05, 3.63) is 18.0 Å². The maximum atomic E-state index is 12.6. The van der Waals surface area contributed by atoms with Crippen LogP contribution in [0.25, 0.3) is 0 Å². The van der Waals surface area contributed by atoms with Crippen molar-refractivity contribution in [2.75, 3.05) is 0 Å². The predicted molar refractivity (Wildman–Crippen MR) is 51.4 cm³/mol. The van der Waals surface area contributed by atoms with Gasteiger partial charge in [0.15, 0.2) is 6.10 Å². The second-order valence-corrected chi connectivity index (χ2v) is 4.04. The monoisotopic (exact) mass is 268 g/mol.